The Kier molecular flexibility index (Phi) is 7.13. The number of aromatic nitrogens is 3. The third-order valence-electron chi connectivity index (χ3n) is 7.19. The minimum Gasteiger partial charge on any atom is -0.497 e. The van der Waals surface area contributed by atoms with E-state index in [0.29, 0.717) is 30.2 Å². The van der Waals surface area contributed by atoms with Gasteiger partial charge in [-0.3, -0.25) is 4.90 Å². The largest absolute Gasteiger partial charge is 0.497 e. The fourth-order valence-electron chi connectivity index (χ4n) is 5.12. The minimum absolute atomic E-state index is 0.00163. The van der Waals surface area contributed by atoms with Crippen LogP contribution in [-0.2, 0) is 6.54 Å². The number of ether oxygens (including phenoxy) is 2. The lowest BCUT2D eigenvalue weighted by molar-refractivity contribution is -0.00777. The smallest absolute Gasteiger partial charge is 0.222 e. The van der Waals surface area contributed by atoms with Crippen molar-refractivity contribution in [3.63, 3.8) is 0 Å². The van der Waals surface area contributed by atoms with Gasteiger partial charge in [0.1, 0.15) is 23.8 Å². The van der Waals surface area contributed by atoms with Crippen LogP contribution in [0.3, 0.4) is 0 Å². The molecule has 194 valence electrons. The van der Waals surface area contributed by atoms with Crippen LogP contribution in [0.1, 0.15) is 40.5 Å². The highest BCUT2D eigenvalue weighted by atomic mass is 19.1. The number of anilines is 2. The van der Waals surface area contributed by atoms with E-state index >= 15 is 4.39 Å². The number of benzene rings is 1. The van der Waals surface area contributed by atoms with Crippen LogP contribution in [0.5, 0.6) is 11.5 Å². The molecule has 0 spiro atoms. The number of likely N-dealkylation sites (tertiary alicyclic amines) is 1. The van der Waals surface area contributed by atoms with Gasteiger partial charge in [0.05, 0.1) is 13.7 Å². The number of nitrogens with two attached hydrogens (primary N) is 1. The first-order valence-corrected chi connectivity index (χ1v) is 12.2. The van der Waals surface area contributed by atoms with Crippen LogP contribution < -0.4 is 20.5 Å². The Labute approximate surface area is 212 Å². The molecule has 3 N–H and O–H groups in total. The second-order valence-corrected chi connectivity index (χ2v) is 10.7. The molecule has 1 aliphatic rings. The summed E-state index contributed by atoms with van der Waals surface area (Å²) in [5.41, 5.74) is 6.53. The molecule has 0 radical (unpaired) electrons. The van der Waals surface area contributed by atoms with Gasteiger partial charge < -0.3 is 25.1 Å². The SMILES string of the molecule is COc1cc(OCCn2cccc2)cc(-c2nc(N)nc(NC3CC(C)(C)N(C)C(C)(C)C3)c2F)c1. The molecule has 1 aliphatic heterocycles. The first-order chi connectivity index (χ1) is 17.0. The van der Waals surface area contributed by atoms with E-state index in [4.69, 9.17) is 15.2 Å². The van der Waals surface area contributed by atoms with Crippen molar-refractivity contribution in [3.8, 4) is 22.8 Å². The Morgan fingerprint density at radius 3 is 2.33 bits per heavy atom. The summed E-state index contributed by atoms with van der Waals surface area (Å²) in [6, 6.07) is 9.18. The lowest BCUT2D eigenvalue weighted by Crippen LogP contribution is -2.61. The molecule has 1 saturated heterocycles. The summed E-state index contributed by atoms with van der Waals surface area (Å²) in [5.74, 6) is 0.648. The maximum Gasteiger partial charge on any atom is 0.222 e. The van der Waals surface area contributed by atoms with Crippen LogP contribution in [0.15, 0.2) is 42.7 Å². The number of halogens is 1. The molecule has 8 nitrogen and oxygen atoms in total. The van der Waals surface area contributed by atoms with E-state index in [1.54, 1.807) is 25.3 Å². The van der Waals surface area contributed by atoms with E-state index in [1.807, 2.05) is 29.1 Å². The standard InChI is InChI=1S/C27H37FN6O2/c1-26(2)16-19(17-27(3,4)33(26)5)30-24-22(28)23(31-25(29)32-24)18-13-20(35-6)15-21(14-18)36-12-11-34-9-7-8-10-34/h7-10,13-15,19H,11-12,16-17H2,1-6H3,(H3,29,30,31,32). The summed E-state index contributed by atoms with van der Waals surface area (Å²) in [5, 5.41) is 3.33. The number of nitrogens with one attached hydrogen (secondary N) is 1. The molecule has 4 rings (SSSR count). The number of hydrogen-bond donors (Lipinski definition) is 2. The fourth-order valence-corrected chi connectivity index (χ4v) is 5.12. The molecular formula is C27H37FN6O2. The predicted molar refractivity (Wildman–Crippen MR) is 141 cm³/mol. The van der Waals surface area contributed by atoms with Crippen molar-refractivity contribution in [3.05, 3.63) is 48.5 Å². The lowest BCUT2D eigenvalue weighted by atomic mass is 9.77. The highest BCUT2D eigenvalue weighted by Gasteiger charge is 2.43. The molecule has 2 aromatic heterocycles. The van der Waals surface area contributed by atoms with E-state index in [-0.39, 0.29) is 34.6 Å². The van der Waals surface area contributed by atoms with Gasteiger partial charge >= 0.3 is 0 Å². The Hall–Kier alpha value is -3.33. The summed E-state index contributed by atoms with van der Waals surface area (Å²) >= 11 is 0. The third-order valence-corrected chi connectivity index (χ3v) is 7.19. The Bertz CT molecular complexity index is 1180. The zero-order valence-corrected chi connectivity index (χ0v) is 22.0. The summed E-state index contributed by atoms with van der Waals surface area (Å²) < 4.78 is 29.2. The normalized spacial score (nSPS) is 17.6. The van der Waals surface area contributed by atoms with Crippen LogP contribution in [0.4, 0.5) is 16.2 Å². The molecule has 0 saturated carbocycles. The third kappa shape index (κ3) is 5.56. The quantitative estimate of drug-likeness (QED) is 0.462. The van der Waals surface area contributed by atoms with E-state index in [1.165, 1.54) is 0 Å². The molecule has 0 unspecified atom stereocenters. The van der Waals surface area contributed by atoms with Crippen molar-refractivity contribution >= 4 is 11.8 Å². The number of hydrogen-bond acceptors (Lipinski definition) is 7. The van der Waals surface area contributed by atoms with Crippen LogP contribution in [0.2, 0.25) is 0 Å². The topological polar surface area (TPSA) is 90.5 Å². The Morgan fingerprint density at radius 1 is 1.06 bits per heavy atom. The maximum absolute atomic E-state index is 15.8. The van der Waals surface area contributed by atoms with Crippen molar-refractivity contribution in [2.45, 2.75) is 64.2 Å². The molecule has 36 heavy (non-hydrogen) atoms. The second-order valence-electron chi connectivity index (χ2n) is 10.7. The fraction of sp³-hybridized carbons (Fsp3) is 0.481. The molecule has 0 aliphatic carbocycles. The van der Waals surface area contributed by atoms with Crippen LogP contribution >= 0.6 is 0 Å². The predicted octanol–water partition coefficient (Wildman–Crippen LogP) is 4.82. The van der Waals surface area contributed by atoms with Gasteiger partial charge in [-0.1, -0.05) is 0 Å². The van der Waals surface area contributed by atoms with Gasteiger partial charge in [0, 0.05) is 41.1 Å². The number of nitrogen functional groups attached to an aromatic ring is 1. The van der Waals surface area contributed by atoms with Gasteiger partial charge in [-0.15, -0.1) is 0 Å². The van der Waals surface area contributed by atoms with Crippen molar-refractivity contribution in [2.24, 2.45) is 0 Å². The Balaban J connectivity index is 1.60. The summed E-state index contributed by atoms with van der Waals surface area (Å²) in [6.07, 6.45) is 5.62. The molecule has 0 bridgehead atoms. The average Bonchev–Trinajstić information content (AvgIpc) is 3.32. The van der Waals surface area contributed by atoms with Crippen molar-refractivity contribution in [1.82, 2.24) is 19.4 Å². The summed E-state index contributed by atoms with van der Waals surface area (Å²) in [4.78, 5) is 10.8. The van der Waals surface area contributed by atoms with Gasteiger partial charge in [0.2, 0.25) is 5.95 Å². The number of nitrogens with zero attached hydrogens (tertiary/aromatic N) is 4. The lowest BCUT2D eigenvalue weighted by Gasteiger charge is -2.53. The van der Waals surface area contributed by atoms with E-state index in [2.05, 4.69) is 54.9 Å². The number of piperidine rings is 1. The van der Waals surface area contributed by atoms with E-state index in [0.717, 1.165) is 12.8 Å². The van der Waals surface area contributed by atoms with Crippen LogP contribution in [0.25, 0.3) is 11.3 Å². The average molecular weight is 497 g/mol. The van der Waals surface area contributed by atoms with Crippen molar-refractivity contribution in [1.29, 1.82) is 0 Å². The molecule has 3 heterocycles. The number of rotatable bonds is 8. The summed E-state index contributed by atoms with van der Waals surface area (Å²) in [6.45, 7) is 9.94. The molecule has 0 amide bonds. The van der Waals surface area contributed by atoms with Gasteiger partial charge in [-0.2, -0.15) is 4.98 Å². The highest BCUT2D eigenvalue weighted by Crippen LogP contribution is 2.39. The second kappa shape index (κ2) is 9.97. The monoisotopic (exact) mass is 496 g/mol. The zero-order valence-electron chi connectivity index (χ0n) is 22.0. The molecule has 1 fully saturated rings. The van der Waals surface area contributed by atoms with E-state index < -0.39 is 5.82 Å². The van der Waals surface area contributed by atoms with Gasteiger partial charge in [0.25, 0.3) is 0 Å². The van der Waals surface area contributed by atoms with Crippen LogP contribution in [-0.4, -0.2) is 57.3 Å². The molecule has 1 aromatic carbocycles. The van der Waals surface area contributed by atoms with Gasteiger partial charge in [-0.05, 0) is 71.8 Å². The first kappa shape index (κ1) is 25.8. The maximum atomic E-state index is 15.8. The van der Waals surface area contributed by atoms with Crippen LogP contribution in [0, 0.1) is 5.82 Å². The molecular weight excluding hydrogens is 459 g/mol. The van der Waals surface area contributed by atoms with Crippen molar-refractivity contribution < 1.29 is 13.9 Å². The molecule has 9 heteroatoms. The van der Waals surface area contributed by atoms with Gasteiger partial charge in [-0.25, -0.2) is 9.37 Å². The number of methoxy groups -OCH3 is 1. The highest BCUT2D eigenvalue weighted by molar-refractivity contribution is 5.68. The summed E-state index contributed by atoms with van der Waals surface area (Å²) in [7, 11) is 3.70. The zero-order chi connectivity index (χ0) is 26.1. The first-order valence-electron chi connectivity index (χ1n) is 12.2. The minimum atomic E-state index is -0.551. The van der Waals surface area contributed by atoms with Crippen molar-refractivity contribution in [2.75, 3.05) is 31.8 Å². The molecule has 3 aromatic rings. The van der Waals surface area contributed by atoms with E-state index in [9.17, 15) is 0 Å². The molecule has 0 atom stereocenters. The Morgan fingerprint density at radius 2 is 1.69 bits per heavy atom. The van der Waals surface area contributed by atoms with Gasteiger partial charge in [0.15, 0.2) is 11.6 Å².